The number of ether oxygens (including phenoxy) is 1. The van der Waals surface area contributed by atoms with Gasteiger partial charge in [0.2, 0.25) is 0 Å². The molecule has 2 rings (SSSR count). The first kappa shape index (κ1) is 14.4. The topological polar surface area (TPSA) is 59.1 Å². The molecule has 5 nitrogen and oxygen atoms in total. The molecule has 19 heavy (non-hydrogen) atoms. The summed E-state index contributed by atoms with van der Waals surface area (Å²) in [5.41, 5.74) is 0. The van der Waals surface area contributed by atoms with Crippen molar-refractivity contribution in [3.05, 3.63) is 6.07 Å². The molecule has 1 aromatic heterocycles. The van der Waals surface area contributed by atoms with Crippen molar-refractivity contribution in [1.29, 1.82) is 0 Å². The van der Waals surface area contributed by atoms with Gasteiger partial charge in [0.1, 0.15) is 11.6 Å². The molecule has 106 valence electrons. The molecule has 1 aromatic rings. The lowest BCUT2D eigenvalue weighted by atomic mass is 10.3. The first-order valence-electron chi connectivity index (χ1n) is 6.78. The first-order valence-corrected chi connectivity index (χ1v) is 8.00. The van der Waals surface area contributed by atoms with E-state index in [4.69, 9.17) is 4.74 Å². The van der Waals surface area contributed by atoms with E-state index < -0.39 is 0 Å². The van der Waals surface area contributed by atoms with E-state index in [1.165, 1.54) is 37.4 Å². The van der Waals surface area contributed by atoms with Crippen LogP contribution in [0.5, 0.6) is 0 Å². The largest absolute Gasteiger partial charge is 0.376 e. The number of aromatic nitrogens is 2. The second-order valence-electron chi connectivity index (χ2n) is 4.58. The molecule has 0 aromatic carbocycles. The lowest BCUT2D eigenvalue weighted by Gasteiger charge is -2.12. The molecule has 0 aliphatic heterocycles. The van der Waals surface area contributed by atoms with Gasteiger partial charge in [-0.3, -0.25) is 0 Å². The maximum atomic E-state index is 5.81. The number of nitrogens with one attached hydrogen (secondary N) is 2. The summed E-state index contributed by atoms with van der Waals surface area (Å²) in [5, 5.41) is 7.10. The third kappa shape index (κ3) is 4.54. The van der Waals surface area contributed by atoms with E-state index in [2.05, 4.69) is 20.6 Å². The summed E-state index contributed by atoms with van der Waals surface area (Å²) in [6.07, 6.45) is 7.50. The molecule has 0 atom stereocenters. The quantitative estimate of drug-likeness (QED) is 0.455. The minimum atomic E-state index is 0.474. The van der Waals surface area contributed by atoms with Crippen LogP contribution in [0, 0.1) is 0 Å². The highest BCUT2D eigenvalue weighted by atomic mass is 32.2. The van der Waals surface area contributed by atoms with Gasteiger partial charge in [-0.2, -0.15) is 0 Å². The number of hydrogen-bond acceptors (Lipinski definition) is 6. The van der Waals surface area contributed by atoms with Gasteiger partial charge in [0, 0.05) is 19.7 Å². The molecule has 0 bridgehead atoms. The highest BCUT2D eigenvalue weighted by Crippen LogP contribution is 2.21. The second-order valence-corrected chi connectivity index (χ2v) is 5.35. The summed E-state index contributed by atoms with van der Waals surface area (Å²) in [6.45, 7) is 1.52. The Morgan fingerprint density at radius 2 is 2.05 bits per heavy atom. The molecule has 0 unspecified atom stereocenters. The van der Waals surface area contributed by atoms with Crippen molar-refractivity contribution in [3.8, 4) is 0 Å². The van der Waals surface area contributed by atoms with Crippen LogP contribution in [-0.4, -0.2) is 42.5 Å². The molecule has 0 spiro atoms. The van der Waals surface area contributed by atoms with Gasteiger partial charge in [0.25, 0.3) is 0 Å². The summed E-state index contributed by atoms with van der Waals surface area (Å²) >= 11 is 1.54. The van der Waals surface area contributed by atoms with E-state index in [-0.39, 0.29) is 0 Å². The maximum Gasteiger partial charge on any atom is 0.191 e. The van der Waals surface area contributed by atoms with Crippen LogP contribution in [0.3, 0.4) is 0 Å². The molecule has 1 aliphatic rings. The second kappa shape index (κ2) is 7.55. The molecular weight excluding hydrogens is 260 g/mol. The Morgan fingerprint density at radius 1 is 1.32 bits per heavy atom. The smallest absolute Gasteiger partial charge is 0.191 e. The Bertz CT molecular complexity index is 374. The average Bonchev–Trinajstić information content (AvgIpc) is 2.96. The van der Waals surface area contributed by atoms with Crippen molar-refractivity contribution in [2.24, 2.45) is 0 Å². The van der Waals surface area contributed by atoms with Crippen LogP contribution in [0.15, 0.2) is 11.2 Å². The molecule has 1 heterocycles. The summed E-state index contributed by atoms with van der Waals surface area (Å²) in [7, 11) is 1.86. The number of thioether (sulfide) groups is 1. The molecule has 6 heteroatoms. The van der Waals surface area contributed by atoms with Crippen molar-refractivity contribution in [2.75, 3.05) is 37.1 Å². The normalized spacial score (nSPS) is 15.7. The maximum absolute atomic E-state index is 5.81. The molecular formula is C13H22N4OS. The minimum Gasteiger partial charge on any atom is -0.376 e. The van der Waals surface area contributed by atoms with E-state index in [1.807, 2.05) is 19.4 Å². The van der Waals surface area contributed by atoms with Gasteiger partial charge in [-0.25, -0.2) is 9.97 Å². The van der Waals surface area contributed by atoms with Crippen LogP contribution >= 0.6 is 11.8 Å². The lowest BCUT2D eigenvalue weighted by Crippen LogP contribution is -2.16. The Kier molecular flexibility index (Phi) is 5.72. The van der Waals surface area contributed by atoms with E-state index in [0.717, 1.165) is 29.9 Å². The fourth-order valence-electron chi connectivity index (χ4n) is 2.19. The summed E-state index contributed by atoms with van der Waals surface area (Å²) < 4.78 is 5.81. The fraction of sp³-hybridized carbons (Fsp3) is 0.692. The Labute approximate surface area is 118 Å². The standard InChI is InChI=1S/C13H22N4OS/c1-14-11-9-12(17-13(16-11)19-2)15-7-8-18-10-5-3-4-6-10/h9-10H,3-8H2,1-2H3,(H2,14,15,16,17). The number of nitrogens with zero attached hydrogens (tertiary/aromatic N) is 2. The average molecular weight is 282 g/mol. The van der Waals surface area contributed by atoms with Crippen molar-refractivity contribution < 1.29 is 4.74 Å². The van der Waals surface area contributed by atoms with Crippen LogP contribution in [0.2, 0.25) is 0 Å². The zero-order chi connectivity index (χ0) is 13.5. The number of rotatable bonds is 7. The predicted molar refractivity (Wildman–Crippen MR) is 80.1 cm³/mol. The van der Waals surface area contributed by atoms with Crippen molar-refractivity contribution in [1.82, 2.24) is 9.97 Å². The van der Waals surface area contributed by atoms with Crippen LogP contribution in [-0.2, 0) is 4.74 Å². The van der Waals surface area contributed by atoms with Gasteiger partial charge in [-0.05, 0) is 19.1 Å². The van der Waals surface area contributed by atoms with Crippen LogP contribution in [0.4, 0.5) is 11.6 Å². The monoisotopic (exact) mass is 282 g/mol. The van der Waals surface area contributed by atoms with Gasteiger partial charge in [-0.15, -0.1) is 0 Å². The van der Waals surface area contributed by atoms with Crippen LogP contribution in [0.25, 0.3) is 0 Å². The molecule has 2 N–H and O–H groups in total. The highest BCUT2D eigenvalue weighted by molar-refractivity contribution is 7.98. The summed E-state index contributed by atoms with van der Waals surface area (Å²) in [5.74, 6) is 1.68. The third-order valence-corrected chi connectivity index (χ3v) is 3.76. The number of hydrogen-bond donors (Lipinski definition) is 2. The zero-order valence-electron chi connectivity index (χ0n) is 11.6. The van der Waals surface area contributed by atoms with Gasteiger partial charge in [0.05, 0.1) is 12.7 Å². The Balaban J connectivity index is 1.77. The van der Waals surface area contributed by atoms with Crippen LogP contribution in [0.1, 0.15) is 25.7 Å². The molecule has 1 aliphatic carbocycles. The van der Waals surface area contributed by atoms with Gasteiger partial charge in [0.15, 0.2) is 5.16 Å². The molecule has 0 amide bonds. The van der Waals surface area contributed by atoms with E-state index in [9.17, 15) is 0 Å². The van der Waals surface area contributed by atoms with Crippen molar-refractivity contribution in [2.45, 2.75) is 36.9 Å². The molecule has 1 saturated carbocycles. The van der Waals surface area contributed by atoms with Gasteiger partial charge in [-0.1, -0.05) is 24.6 Å². The van der Waals surface area contributed by atoms with Gasteiger partial charge < -0.3 is 15.4 Å². The minimum absolute atomic E-state index is 0.474. The van der Waals surface area contributed by atoms with E-state index >= 15 is 0 Å². The fourth-order valence-corrected chi connectivity index (χ4v) is 2.57. The predicted octanol–water partition coefficient (Wildman–Crippen LogP) is 2.61. The highest BCUT2D eigenvalue weighted by Gasteiger charge is 2.14. The summed E-state index contributed by atoms with van der Waals surface area (Å²) in [4.78, 5) is 8.75. The molecule has 0 saturated heterocycles. The molecule has 0 radical (unpaired) electrons. The van der Waals surface area contributed by atoms with Gasteiger partial charge >= 0.3 is 0 Å². The lowest BCUT2D eigenvalue weighted by molar-refractivity contribution is 0.0658. The van der Waals surface area contributed by atoms with Crippen LogP contribution < -0.4 is 10.6 Å². The zero-order valence-corrected chi connectivity index (χ0v) is 12.4. The first-order chi connectivity index (χ1) is 9.31. The number of anilines is 2. The SMILES string of the molecule is CNc1cc(NCCOC2CCCC2)nc(SC)n1. The van der Waals surface area contributed by atoms with E-state index in [0.29, 0.717) is 6.10 Å². The van der Waals surface area contributed by atoms with Crippen molar-refractivity contribution in [3.63, 3.8) is 0 Å². The van der Waals surface area contributed by atoms with Crippen molar-refractivity contribution >= 4 is 23.4 Å². The molecule has 1 fully saturated rings. The Morgan fingerprint density at radius 3 is 2.74 bits per heavy atom. The third-order valence-electron chi connectivity index (χ3n) is 3.21. The Hall–Kier alpha value is -1.01. The van der Waals surface area contributed by atoms with E-state index in [1.54, 1.807) is 0 Å². The summed E-state index contributed by atoms with van der Waals surface area (Å²) in [6, 6.07) is 1.91.